The van der Waals surface area contributed by atoms with Gasteiger partial charge >= 0.3 is 5.97 Å². The average Bonchev–Trinajstić information content (AvgIpc) is 2.40. The topological polar surface area (TPSA) is 49.7 Å². The van der Waals surface area contributed by atoms with E-state index in [0.717, 1.165) is 11.3 Å². The van der Waals surface area contributed by atoms with Gasteiger partial charge in [0.25, 0.3) is 0 Å². The second-order valence-corrected chi connectivity index (χ2v) is 3.89. The van der Waals surface area contributed by atoms with Gasteiger partial charge in [0.05, 0.1) is 11.3 Å². The molecule has 3 heteroatoms. The van der Waals surface area contributed by atoms with Crippen LogP contribution >= 0.6 is 0 Å². The van der Waals surface area contributed by atoms with Crippen molar-refractivity contribution in [3.63, 3.8) is 0 Å². The molecule has 0 radical (unpaired) electrons. The van der Waals surface area contributed by atoms with Crippen molar-refractivity contribution in [1.29, 1.82) is 0 Å². The molecule has 0 bridgehead atoms. The lowest BCUT2D eigenvalue weighted by molar-refractivity contribution is 0.0698. The van der Waals surface area contributed by atoms with Crippen molar-refractivity contribution in [2.75, 3.05) is 0 Å². The summed E-state index contributed by atoms with van der Waals surface area (Å²) >= 11 is 0. The number of hydrogen-bond acceptors (Lipinski definition) is 2. The molecule has 90 valence electrons. The summed E-state index contributed by atoms with van der Waals surface area (Å²) in [5.41, 5.74) is 2.47. The molecule has 1 N–H and O–H groups in total. The molecule has 2 rings (SSSR count). The molecule has 0 heterocycles. The molecular formula is C15H13NO2. The Labute approximate surface area is 105 Å². The summed E-state index contributed by atoms with van der Waals surface area (Å²) in [5, 5.41) is 9.08. The Kier molecular flexibility index (Phi) is 3.53. The van der Waals surface area contributed by atoms with Gasteiger partial charge in [-0.05, 0) is 24.6 Å². The minimum absolute atomic E-state index is 0.216. The Hall–Kier alpha value is -2.42. The Morgan fingerprint density at radius 2 is 1.61 bits per heavy atom. The summed E-state index contributed by atoms with van der Waals surface area (Å²) in [7, 11) is 0. The first-order valence-electron chi connectivity index (χ1n) is 5.61. The molecule has 0 unspecified atom stereocenters. The fraction of sp³-hybridized carbons (Fsp3) is 0.0667. The van der Waals surface area contributed by atoms with E-state index in [9.17, 15) is 4.79 Å². The molecule has 0 aliphatic heterocycles. The lowest BCUT2D eigenvalue weighted by Gasteiger charge is -2.03. The van der Waals surface area contributed by atoms with Crippen molar-refractivity contribution in [1.82, 2.24) is 0 Å². The van der Waals surface area contributed by atoms with Crippen LogP contribution in [0.4, 0.5) is 5.69 Å². The van der Waals surface area contributed by atoms with Crippen LogP contribution in [0.1, 0.15) is 22.8 Å². The van der Waals surface area contributed by atoms with E-state index < -0.39 is 5.97 Å². The van der Waals surface area contributed by atoms with Crippen molar-refractivity contribution in [2.24, 2.45) is 4.99 Å². The molecule has 0 saturated carbocycles. The highest BCUT2D eigenvalue weighted by atomic mass is 16.4. The highest BCUT2D eigenvalue weighted by Crippen LogP contribution is 2.20. The number of hydrogen-bond donors (Lipinski definition) is 1. The smallest absolute Gasteiger partial charge is 0.337 e. The van der Waals surface area contributed by atoms with Gasteiger partial charge in [0.2, 0.25) is 0 Å². The molecule has 0 amide bonds. The van der Waals surface area contributed by atoms with Gasteiger partial charge in [-0.25, -0.2) is 4.79 Å². The third kappa shape index (κ3) is 2.63. The minimum Gasteiger partial charge on any atom is -0.478 e. The van der Waals surface area contributed by atoms with Crippen LogP contribution in [0, 0.1) is 0 Å². The lowest BCUT2D eigenvalue weighted by atomic mass is 10.1. The average molecular weight is 239 g/mol. The van der Waals surface area contributed by atoms with Crippen LogP contribution in [0.5, 0.6) is 0 Å². The maximum Gasteiger partial charge on any atom is 0.337 e. The Morgan fingerprint density at radius 3 is 2.28 bits per heavy atom. The molecular weight excluding hydrogens is 226 g/mol. The Bertz CT molecular complexity index is 588. The van der Waals surface area contributed by atoms with Crippen LogP contribution in [0.2, 0.25) is 0 Å². The quantitative estimate of drug-likeness (QED) is 0.833. The Morgan fingerprint density at radius 1 is 1.00 bits per heavy atom. The number of para-hydroxylation sites is 1. The number of nitrogens with zero attached hydrogens (tertiary/aromatic N) is 1. The predicted octanol–water partition coefficient (Wildman–Crippen LogP) is 3.53. The van der Waals surface area contributed by atoms with E-state index in [-0.39, 0.29) is 5.56 Å². The van der Waals surface area contributed by atoms with E-state index in [2.05, 4.69) is 4.99 Å². The van der Waals surface area contributed by atoms with Crippen LogP contribution < -0.4 is 0 Å². The summed E-state index contributed by atoms with van der Waals surface area (Å²) in [5.74, 6) is -0.963. The van der Waals surface area contributed by atoms with Gasteiger partial charge in [-0.15, -0.1) is 0 Å². The van der Waals surface area contributed by atoms with Gasteiger partial charge in [0.1, 0.15) is 0 Å². The first-order valence-corrected chi connectivity index (χ1v) is 5.61. The van der Waals surface area contributed by atoms with Crippen LogP contribution in [-0.4, -0.2) is 16.8 Å². The van der Waals surface area contributed by atoms with Gasteiger partial charge in [0.15, 0.2) is 0 Å². The fourth-order valence-electron chi connectivity index (χ4n) is 1.68. The van der Waals surface area contributed by atoms with Crippen molar-refractivity contribution in [3.8, 4) is 0 Å². The van der Waals surface area contributed by atoms with Gasteiger partial charge in [-0.2, -0.15) is 0 Å². The number of carboxylic acids is 1. The molecule has 3 nitrogen and oxygen atoms in total. The molecule has 0 saturated heterocycles. The zero-order chi connectivity index (χ0) is 13.0. The molecule has 0 atom stereocenters. The zero-order valence-corrected chi connectivity index (χ0v) is 10.00. The van der Waals surface area contributed by atoms with Crippen molar-refractivity contribution < 1.29 is 9.90 Å². The molecule has 18 heavy (non-hydrogen) atoms. The van der Waals surface area contributed by atoms with Crippen LogP contribution in [-0.2, 0) is 0 Å². The van der Waals surface area contributed by atoms with Gasteiger partial charge in [0, 0.05) is 5.71 Å². The summed E-state index contributed by atoms with van der Waals surface area (Å²) in [6.07, 6.45) is 0. The second-order valence-electron chi connectivity index (χ2n) is 3.89. The van der Waals surface area contributed by atoms with Crippen molar-refractivity contribution in [3.05, 3.63) is 65.7 Å². The molecule has 0 fully saturated rings. The SMILES string of the molecule is CC(=Nc1ccccc1C(=O)O)c1ccccc1. The standard InChI is InChI=1S/C15H13NO2/c1-11(12-7-3-2-4-8-12)16-14-10-6-5-9-13(14)15(17)18/h2-10H,1H3,(H,17,18). The molecule has 0 aromatic heterocycles. The van der Waals surface area contributed by atoms with Gasteiger partial charge < -0.3 is 5.11 Å². The largest absolute Gasteiger partial charge is 0.478 e. The third-order valence-electron chi connectivity index (χ3n) is 2.61. The number of carbonyl (C=O) groups is 1. The van der Waals surface area contributed by atoms with E-state index in [1.807, 2.05) is 37.3 Å². The molecule has 0 aliphatic rings. The van der Waals surface area contributed by atoms with Crippen molar-refractivity contribution >= 4 is 17.4 Å². The van der Waals surface area contributed by atoms with Crippen molar-refractivity contribution in [2.45, 2.75) is 6.92 Å². The van der Waals surface area contributed by atoms with E-state index in [1.54, 1.807) is 24.3 Å². The molecule has 2 aromatic rings. The fourth-order valence-corrected chi connectivity index (χ4v) is 1.68. The number of carboxylic acid groups (broad SMARTS) is 1. The maximum atomic E-state index is 11.1. The summed E-state index contributed by atoms with van der Waals surface area (Å²) in [6, 6.07) is 16.4. The van der Waals surface area contributed by atoms with Gasteiger partial charge in [-0.3, -0.25) is 4.99 Å². The first-order chi connectivity index (χ1) is 8.68. The highest BCUT2D eigenvalue weighted by Gasteiger charge is 2.08. The zero-order valence-electron chi connectivity index (χ0n) is 10.00. The highest BCUT2D eigenvalue weighted by molar-refractivity contribution is 6.02. The normalized spacial score (nSPS) is 11.3. The summed E-state index contributed by atoms with van der Waals surface area (Å²) in [6.45, 7) is 1.87. The number of aromatic carboxylic acids is 1. The van der Waals surface area contributed by atoms with E-state index in [4.69, 9.17) is 5.11 Å². The minimum atomic E-state index is -0.963. The number of benzene rings is 2. The molecule has 2 aromatic carbocycles. The Balaban J connectivity index is 2.42. The van der Waals surface area contributed by atoms with Crippen LogP contribution in [0.3, 0.4) is 0 Å². The number of aliphatic imine (C=N–C) groups is 1. The van der Waals surface area contributed by atoms with Crippen LogP contribution in [0.25, 0.3) is 0 Å². The number of rotatable bonds is 3. The van der Waals surface area contributed by atoms with E-state index in [0.29, 0.717) is 5.69 Å². The third-order valence-corrected chi connectivity index (χ3v) is 2.61. The lowest BCUT2D eigenvalue weighted by Crippen LogP contribution is -1.98. The maximum absolute atomic E-state index is 11.1. The van der Waals surface area contributed by atoms with Crippen LogP contribution in [0.15, 0.2) is 59.6 Å². The second kappa shape index (κ2) is 5.27. The first kappa shape index (κ1) is 12.0. The van der Waals surface area contributed by atoms with E-state index in [1.165, 1.54) is 0 Å². The molecule has 0 aliphatic carbocycles. The molecule has 0 spiro atoms. The predicted molar refractivity (Wildman–Crippen MR) is 71.7 cm³/mol. The summed E-state index contributed by atoms with van der Waals surface area (Å²) < 4.78 is 0. The summed E-state index contributed by atoms with van der Waals surface area (Å²) in [4.78, 5) is 15.5. The monoisotopic (exact) mass is 239 g/mol. The van der Waals surface area contributed by atoms with Gasteiger partial charge in [-0.1, -0.05) is 42.5 Å². The van der Waals surface area contributed by atoms with E-state index >= 15 is 0 Å².